The van der Waals surface area contributed by atoms with E-state index >= 15 is 0 Å². The minimum atomic E-state index is -0.462. The molecule has 2 aromatic heterocycles. The highest BCUT2D eigenvalue weighted by atomic mass is 19.1. The van der Waals surface area contributed by atoms with Crippen LogP contribution in [-0.4, -0.2) is 58.4 Å². The fourth-order valence-electron chi connectivity index (χ4n) is 3.44. The number of benzene rings is 1. The summed E-state index contributed by atoms with van der Waals surface area (Å²) in [5.41, 5.74) is 1.14. The lowest BCUT2D eigenvalue weighted by Crippen LogP contribution is -2.44. The van der Waals surface area contributed by atoms with E-state index in [-0.39, 0.29) is 17.0 Å². The topological polar surface area (TPSA) is 97.2 Å². The Kier molecular flexibility index (Phi) is 5.49. The van der Waals surface area contributed by atoms with E-state index in [9.17, 15) is 9.18 Å². The molecule has 1 aliphatic heterocycles. The van der Waals surface area contributed by atoms with Crippen LogP contribution in [0, 0.1) is 12.7 Å². The van der Waals surface area contributed by atoms with Gasteiger partial charge in [-0.2, -0.15) is 10.1 Å². The largest absolute Gasteiger partial charge is 0.477 e. The van der Waals surface area contributed by atoms with Crippen LogP contribution in [0.4, 0.5) is 16.0 Å². The van der Waals surface area contributed by atoms with Gasteiger partial charge in [0.2, 0.25) is 11.8 Å². The van der Waals surface area contributed by atoms with Crippen LogP contribution in [0.1, 0.15) is 22.8 Å². The minimum absolute atomic E-state index is 0.196. The van der Waals surface area contributed by atoms with Gasteiger partial charge in [-0.05, 0) is 19.9 Å². The van der Waals surface area contributed by atoms with E-state index in [1.165, 1.54) is 10.9 Å². The van der Waals surface area contributed by atoms with Gasteiger partial charge in [-0.1, -0.05) is 0 Å². The van der Waals surface area contributed by atoms with Gasteiger partial charge < -0.3 is 20.3 Å². The van der Waals surface area contributed by atoms with Gasteiger partial charge in [-0.3, -0.25) is 9.48 Å². The number of hydrogen-bond donors (Lipinski definition) is 2. The highest BCUT2D eigenvalue weighted by Crippen LogP contribution is 2.28. The Bertz CT molecular complexity index is 1090. The Morgan fingerprint density at radius 2 is 2.13 bits per heavy atom. The number of carbonyl (C=O) groups excluding carboxylic acids is 1. The molecule has 3 aromatic rings. The van der Waals surface area contributed by atoms with Crippen LogP contribution < -0.4 is 20.3 Å². The number of nitrogens with zero attached hydrogens (tertiary/aromatic N) is 5. The van der Waals surface area contributed by atoms with E-state index < -0.39 is 11.7 Å². The smallest absolute Gasteiger partial charge is 0.262 e. The zero-order valence-corrected chi connectivity index (χ0v) is 17.2. The molecular weight excluding hydrogens is 389 g/mol. The molecule has 158 valence electrons. The first-order valence-electron chi connectivity index (χ1n) is 9.87. The van der Waals surface area contributed by atoms with Crippen LogP contribution >= 0.6 is 0 Å². The summed E-state index contributed by atoms with van der Waals surface area (Å²) in [6, 6.07) is 1.70. The normalized spacial score (nSPS) is 14.2. The van der Waals surface area contributed by atoms with Crippen molar-refractivity contribution in [2.75, 3.05) is 43.0 Å². The molecule has 0 radical (unpaired) electrons. The number of halogens is 1. The molecule has 1 fully saturated rings. The molecule has 9 nitrogen and oxygen atoms in total. The summed E-state index contributed by atoms with van der Waals surface area (Å²) < 4.78 is 21.8. The molecule has 0 spiro atoms. The van der Waals surface area contributed by atoms with Crippen molar-refractivity contribution < 1.29 is 13.9 Å². The third kappa shape index (κ3) is 3.78. The number of hydrogen-bond acceptors (Lipinski definition) is 7. The Labute approximate surface area is 173 Å². The quantitative estimate of drug-likeness (QED) is 0.659. The molecule has 0 atom stereocenters. The zero-order chi connectivity index (χ0) is 21.3. The van der Waals surface area contributed by atoms with Crippen molar-refractivity contribution in [1.29, 1.82) is 0 Å². The number of nitrogens with one attached hydrogen (secondary N) is 2. The van der Waals surface area contributed by atoms with Crippen molar-refractivity contribution in [2.24, 2.45) is 7.05 Å². The summed E-state index contributed by atoms with van der Waals surface area (Å²) in [7, 11) is 1.72. The molecule has 2 N–H and O–H groups in total. The summed E-state index contributed by atoms with van der Waals surface area (Å²) in [5, 5.41) is 10.8. The molecule has 1 aliphatic rings. The monoisotopic (exact) mass is 413 g/mol. The van der Waals surface area contributed by atoms with E-state index in [0.717, 1.165) is 26.2 Å². The highest BCUT2D eigenvalue weighted by Gasteiger charge is 2.21. The van der Waals surface area contributed by atoms with Gasteiger partial charge in [0.25, 0.3) is 5.91 Å². The van der Waals surface area contributed by atoms with E-state index in [1.54, 1.807) is 26.2 Å². The van der Waals surface area contributed by atoms with E-state index in [2.05, 4.69) is 25.7 Å². The number of anilines is 2. The maximum atomic E-state index is 14.7. The SMILES string of the molecule is CCOc1nc(N2CCNCC2)ncc1C(=O)Nc1cc2cn(C)nc2c(F)c1C. The second-order valence-electron chi connectivity index (χ2n) is 7.12. The molecule has 4 rings (SSSR count). The van der Waals surface area contributed by atoms with Gasteiger partial charge in [0.1, 0.15) is 11.1 Å². The lowest BCUT2D eigenvalue weighted by molar-refractivity contribution is 0.102. The van der Waals surface area contributed by atoms with Gasteiger partial charge >= 0.3 is 0 Å². The van der Waals surface area contributed by atoms with Crippen molar-refractivity contribution in [1.82, 2.24) is 25.1 Å². The summed E-state index contributed by atoms with van der Waals surface area (Å²) in [5.74, 6) is -0.190. The van der Waals surface area contributed by atoms with Gasteiger partial charge in [0.15, 0.2) is 5.82 Å². The van der Waals surface area contributed by atoms with Crippen LogP contribution in [0.5, 0.6) is 5.88 Å². The van der Waals surface area contributed by atoms with E-state index in [1.807, 2.05) is 11.8 Å². The number of fused-ring (bicyclic) bond motifs is 1. The van der Waals surface area contributed by atoms with Crippen LogP contribution in [0.3, 0.4) is 0 Å². The standard InChI is InChI=1S/C20H24FN7O2/c1-4-30-19-14(10-23-20(25-19)28-7-5-22-6-8-28)18(29)24-15-9-13-11-27(3)26-17(13)16(21)12(15)2/h9-11,22H,4-8H2,1-3H3,(H,24,29). The Hall–Kier alpha value is -3.27. The predicted molar refractivity (Wildman–Crippen MR) is 112 cm³/mol. The summed E-state index contributed by atoms with van der Waals surface area (Å²) >= 11 is 0. The first-order valence-corrected chi connectivity index (χ1v) is 9.87. The number of aryl methyl sites for hydroxylation is 1. The first kappa shape index (κ1) is 20.0. The minimum Gasteiger partial charge on any atom is -0.477 e. The zero-order valence-electron chi connectivity index (χ0n) is 17.2. The number of piperazine rings is 1. The summed E-state index contributed by atoms with van der Waals surface area (Å²) in [6.07, 6.45) is 3.16. The van der Waals surface area contributed by atoms with Crippen LogP contribution in [0.15, 0.2) is 18.5 Å². The maximum absolute atomic E-state index is 14.7. The third-order valence-corrected chi connectivity index (χ3v) is 5.01. The molecule has 0 saturated carbocycles. The van der Waals surface area contributed by atoms with E-state index in [0.29, 0.717) is 29.2 Å². The molecule has 0 aliphatic carbocycles. The Morgan fingerprint density at radius 1 is 1.37 bits per heavy atom. The summed E-state index contributed by atoms with van der Waals surface area (Å²) in [4.78, 5) is 23.8. The van der Waals surface area contributed by atoms with Crippen molar-refractivity contribution in [3.8, 4) is 5.88 Å². The average Bonchev–Trinajstić information content (AvgIpc) is 3.13. The second kappa shape index (κ2) is 8.23. The lowest BCUT2D eigenvalue weighted by Gasteiger charge is -2.27. The van der Waals surface area contributed by atoms with Crippen LogP contribution in [-0.2, 0) is 7.05 Å². The molecule has 0 unspecified atom stereocenters. The van der Waals surface area contributed by atoms with Crippen molar-refractivity contribution >= 4 is 28.4 Å². The van der Waals surface area contributed by atoms with Crippen LogP contribution in [0.25, 0.3) is 10.9 Å². The van der Waals surface area contributed by atoms with Gasteiger partial charge in [-0.25, -0.2) is 9.37 Å². The first-order chi connectivity index (χ1) is 14.5. The fraction of sp³-hybridized carbons (Fsp3) is 0.400. The maximum Gasteiger partial charge on any atom is 0.262 e. The van der Waals surface area contributed by atoms with Gasteiger partial charge in [-0.15, -0.1) is 0 Å². The predicted octanol–water partition coefficient (Wildman–Crippen LogP) is 1.87. The summed E-state index contributed by atoms with van der Waals surface area (Å²) in [6.45, 7) is 7.03. The van der Waals surface area contributed by atoms with Crippen molar-refractivity contribution in [2.45, 2.75) is 13.8 Å². The number of carbonyl (C=O) groups is 1. The number of ether oxygens (including phenoxy) is 1. The third-order valence-electron chi connectivity index (χ3n) is 5.01. The fourth-order valence-corrected chi connectivity index (χ4v) is 3.44. The molecule has 1 saturated heterocycles. The second-order valence-corrected chi connectivity index (χ2v) is 7.12. The molecule has 0 bridgehead atoms. The average molecular weight is 413 g/mol. The highest BCUT2D eigenvalue weighted by molar-refractivity contribution is 6.07. The molecular formula is C20H24FN7O2. The van der Waals surface area contributed by atoms with Gasteiger partial charge in [0, 0.05) is 62.3 Å². The molecule has 3 heterocycles. The number of rotatable bonds is 5. The Balaban J connectivity index is 1.64. The Morgan fingerprint density at radius 3 is 2.87 bits per heavy atom. The number of amides is 1. The lowest BCUT2D eigenvalue weighted by atomic mass is 10.1. The molecule has 1 aromatic carbocycles. The molecule has 30 heavy (non-hydrogen) atoms. The van der Waals surface area contributed by atoms with E-state index in [4.69, 9.17) is 4.74 Å². The van der Waals surface area contributed by atoms with Crippen molar-refractivity contribution in [3.63, 3.8) is 0 Å². The number of aromatic nitrogens is 4. The molecule has 1 amide bonds. The van der Waals surface area contributed by atoms with Crippen molar-refractivity contribution in [3.05, 3.63) is 35.4 Å². The molecule has 10 heteroatoms. The van der Waals surface area contributed by atoms with Crippen LogP contribution in [0.2, 0.25) is 0 Å². The van der Waals surface area contributed by atoms with Gasteiger partial charge in [0.05, 0.1) is 6.61 Å².